The predicted molar refractivity (Wildman–Crippen MR) is 122 cm³/mol. The number of hydrogen-bond donors (Lipinski definition) is 2. The van der Waals surface area contributed by atoms with Crippen molar-refractivity contribution >= 4 is 26.0 Å². The molecule has 0 unspecified atom stereocenters. The molecule has 0 radical (unpaired) electrons. The molecule has 3 rings (SSSR count). The highest BCUT2D eigenvalue weighted by molar-refractivity contribution is 7.89. The van der Waals surface area contributed by atoms with Crippen LogP contribution in [0.1, 0.15) is 37.8 Å². The molecule has 32 heavy (non-hydrogen) atoms. The lowest BCUT2D eigenvalue weighted by atomic mass is 10.2. The van der Waals surface area contributed by atoms with Gasteiger partial charge in [0.2, 0.25) is 26.0 Å². The number of aryl methyl sites for hydroxylation is 1. The molecular formula is C22H29N3O5S2. The molecule has 0 bridgehead atoms. The number of carbonyl (C=O) groups excluding carboxylic acids is 1. The summed E-state index contributed by atoms with van der Waals surface area (Å²) in [5.74, 6) is -0.397. The van der Waals surface area contributed by atoms with Crippen LogP contribution in [0.15, 0.2) is 58.3 Å². The largest absolute Gasteiger partial charge is 0.351 e. The summed E-state index contributed by atoms with van der Waals surface area (Å²) in [5, 5.41) is 2.76. The van der Waals surface area contributed by atoms with Crippen LogP contribution in [0, 0.1) is 6.92 Å². The average Bonchev–Trinajstić information content (AvgIpc) is 3.23. The lowest BCUT2D eigenvalue weighted by Crippen LogP contribution is -2.45. The second-order valence-electron chi connectivity index (χ2n) is 8.23. The average molecular weight is 480 g/mol. The molecule has 0 saturated carbocycles. The van der Waals surface area contributed by atoms with Crippen molar-refractivity contribution < 1.29 is 21.6 Å². The smallest absolute Gasteiger partial charge is 0.243 e. The Hall–Kier alpha value is -2.27. The minimum Gasteiger partial charge on any atom is -0.351 e. The highest BCUT2D eigenvalue weighted by Crippen LogP contribution is 2.26. The van der Waals surface area contributed by atoms with Crippen molar-refractivity contribution in [3.8, 4) is 0 Å². The van der Waals surface area contributed by atoms with E-state index in [4.69, 9.17) is 0 Å². The van der Waals surface area contributed by atoms with Crippen LogP contribution in [0.4, 0.5) is 0 Å². The summed E-state index contributed by atoms with van der Waals surface area (Å²) < 4.78 is 54.6. The van der Waals surface area contributed by atoms with Crippen LogP contribution in [0.5, 0.6) is 0 Å². The molecule has 8 nitrogen and oxygen atoms in total. The van der Waals surface area contributed by atoms with E-state index in [9.17, 15) is 21.6 Å². The number of amides is 1. The van der Waals surface area contributed by atoms with E-state index < -0.39 is 32.0 Å². The maximum absolute atomic E-state index is 13.1. The van der Waals surface area contributed by atoms with Crippen molar-refractivity contribution in [2.75, 3.05) is 6.54 Å². The Morgan fingerprint density at radius 3 is 2.41 bits per heavy atom. The summed E-state index contributed by atoms with van der Waals surface area (Å²) in [7, 11) is -7.43. The van der Waals surface area contributed by atoms with Crippen LogP contribution in [-0.4, -0.2) is 45.7 Å². The summed E-state index contributed by atoms with van der Waals surface area (Å²) in [4.78, 5) is 13.1. The van der Waals surface area contributed by atoms with Gasteiger partial charge in [0, 0.05) is 19.1 Å². The Bertz CT molecular complexity index is 1180. The monoisotopic (exact) mass is 479 g/mol. The van der Waals surface area contributed by atoms with Crippen LogP contribution in [-0.2, 0) is 31.4 Å². The van der Waals surface area contributed by atoms with Crippen LogP contribution in [0.2, 0.25) is 0 Å². The summed E-state index contributed by atoms with van der Waals surface area (Å²) in [6.45, 7) is 5.72. The Morgan fingerprint density at radius 1 is 1.06 bits per heavy atom. The molecular weight excluding hydrogens is 450 g/mol. The van der Waals surface area contributed by atoms with E-state index in [0.717, 1.165) is 5.56 Å². The Balaban J connectivity index is 1.71. The van der Waals surface area contributed by atoms with E-state index in [0.29, 0.717) is 18.4 Å². The Labute approximate surface area is 190 Å². The van der Waals surface area contributed by atoms with Crippen molar-refractivity contribution in [1.82, 2.24) is 14.3 Å². The second-order valence-corrected chi connectivity index (χ2v) is 11.8. The minimum atomic E-state index is -3.79. The molecule has 2 aromatic rings. The molecule has 1 aliphatic heterocycles. The van der Waals surface area contributed by atoms with E-state index in [1.165, 1.54) is 16.4 Å². The van der Waals surface area contributed by atoms with Crippen molar-refractivity contribution in [1.29, 1.82) is 0 Å². The highest BCUT2D eigenvalue weighted by atomic mass is 32.2. The van der Waals surface area contributed by atoms with E-state index in [-0.39, 0.29) is 28.9 Å². The zero-order valence-corrected chi connectivity index (χ0v) is 20.0. The van der Waals surface area contributed by atoms with Gasteiger partial charge >= 0.3 is 0 Å². The lowest BCUT2D eigenvalue weighted by Gasteiger charge is -2.23. The van der Waals surface area contributed by atoms with Gasteiger partial charge in [-0.15, -0.1) is 0 Å². The molecule has 0 spiro atoms. The van der Waals surface area contributed by atoms with Crippen molar-refractivity contribution in [2.45, 2.75) is 62.0 Å². The molecule has 10 heteroatoms. The third kappa shape index (κ3) is 5.55. The standard InChI is InChI=1S/C22H29N3O5S2/c1-16(2)24-31(27,28)20-7-4-6-18(14-20)15-23-22(26)21-8-5-13-25(21)32(29,30)19-11-9-17(3)10-12-19/h4,6-7,9-12,14,16,21,24H,5,8,13,15H2,1-3H3,(H,23,26)/t21-/m0/s1. The van der Waals surface area contributed by atoms with Gasteiger partial charge in [0.05, 0.1) is 9.79 Å². The summed E-state index contributed by atoms with van der Waals surface area (Å²) in [5.41, 5.74) is 1.56. The number of sulfonamides is 2. The molecule has 1 heterocycles. The number of carbonyl (C=O) groups is 1. The first-order valence-electron chi connectivity index (χ1n) is 10.5. The molecule has 0 aliphatic carbocycles. The lowest BCUT2D eigenvalue weighted by molar-refractivity contribution is -0.124. The first-order chi connectivity index (χ1) is 15.0. The van der Waals surface area contributed by atoms with Gasteiger partial charge in [-0.3, -0.25) is 4.79 Å². The van der Waals surface area contributed by atoms with Crippen LogP contribution in [0.25, 0.3) is 0 Å². The normalized spacial score (nSPS) is 17.6. The molecule has 2 N–H and O–H groups in total. The van der Waals surface area contributed by atoms with Gasteiger partial charge in [0.1, 0.15) is 6.04 Å². The maximum Gasteiger partial charge on any atom is 0.243 e. The summed E-state index contributed by atoms with van der Waals surface area (Å²) in [6, 6.07) is 11.8. The Morgan fingerprint density at radius 2 is 1.75 bits per heavy atom. The Kier molecular flexibility index (Phi) is 7.39. The predicted octanol–water partition coefficient (Wildman–Crippen LogP) is 2.15. The molecule has 1 amide bonds. The fourth-order valence-corrected chi connectivity index (χ4v) is 6.62. The minimum absolute atomic E-state index is 0.0960. The molecule has 0 aromatic heterocycles. The number of nitrogens with zero attached hydrogens (tertiary/aromatic N) is 1. The molecule has 1 saturated heterocycles. The van der Waals surface area contributed by atoms with E-state index >= 15 is 0 Å². The van der Waals surface area contributed by atoms with Gasteiger partial charge in [0.25, 0.3) is 0 Å². The van der Waals surface area contributed by atoms with Crippen LogP contribution in [0.3, 0.4) is 0 Å². The SMILES string of the molecule is Cc1ccc(S(=O)(=O)N2CCC[C@H]2C(=O)NCc2cccc(S(=O)(=O)NC(C)C)c2)cc1. The highest BCUT2D eigenvalue weighted by Gasteiger charge is 2.39. The van der Waals surface area contributed by atoms with Gasteiger partial charge in [-0.1, -0.05) is 29.8 Å². The van der Waals surface area contributed by atoms with E-state index in [2.05, 4.69) is 10.0 Å². The third-order valence-electron chi connectivity index (χ3n) is 5.20. The topological polar surface area (TPSA) is 113 Å². The van der Waals surface area contributed by atoms with E-state index in [1.54, 1.807) is 50.2 Å². The zero-order chi connectivity index (χ0) is 23.5. The van der Waals surface area contributed by atoms with Gasteiger partial charge in [0.15, 0.2) is 0 Å². The number of rotatable bonds is 8. The summed E-state index contributed by atoms with van der Waals surface area (Å²) >= 11 is 0. The first kappa shape index (κ1) is 24.4. The van der Waals surface area contributed by atoms with Crippen LogP contribution >= 0.6 is 0 Å². The molecule has 174 valence electrons. The third-order valence-corrected chi connectivity index (χ3v) is 8.78. The maximum atomic E-state index is 13.1. The van der Waals surface area contributed by atoms with Crippen molar-refractivity contribution in [3.05, 3.63) is 59.7 Å². The molecule has 1 atom stereocenters. The van der Waals surface area contributed by atoms with Crippen molar-refractivity contribution in [3.63, 3.8) is 0 Å². The molecule has 1 fully saturated rings. The van der Waals surface area contributed by atoms with Gasteiger partial charge in [-0.05, 0) is 63.4 Å². The zero-order valence-electron chi connectivity index (χ0n) is 18.4. The van der Waals surface area contributed by atoms with Crippen LogP contribution < -0.4 is 10.0 Å². The summed E-state index contributed by atoms with van der Waals surface area (Å²) in [6.07, 6.45) is 1.03. The molecule has 1 aliphatic rings. The second kappa shape index (κ2) is 9.70. The first-order valence-corrected chi connectivity index (χ1v) is 13.4. The number of benzene rings is 2. The quantitative estimate of drug-likeness (QED) is 0.602. The van der Waals surface area contributed by atoms with E-state index in [1.807, 2.05) is 6.92 Å². The number of hydrogen-bond acceptors (Lipinski definition) is 5. The van der Waals surface area contributed by atoms with Gasteiger partial charge in [-0.2, -0.15) is 4.31 Å². The van der Waals surface area contributed by atoms with Gasteiger partial charge in [-0.25, -0.2) is 21.6 Å². The number of nitrogens with one attached hydrogen (secondary N) is 2. The fraction of sp³-hybridized carbons (Fsp3) is 0.409. The fourth-order valence-electron chi connectivity index (χ4n) is 3.64. The van der Waals surface area contributed by atoms with Gasteiger partial charge < -0.3 is 5.32 Å². The van der Waals surface area contributed by atoms with Crippen molar-refractivity contribution in [2.24, 2.45) is 0 Å². The molecule has 2 aromatic carbocycles.